The van der Waals surface area contributed by atoms with Crippen molar-refractivity contribution in [3.63, 3.8) is 0 Å². The maximum Gasteiger partial charge on any atom is 0.290 e. The van der Waals surface area contributed by atoms with E-state index in [0.717, 1.165) is 18.8 Å². The average molecular weight is 180 g/mol. The molecule has 0 bridgehead atoms. The predicted octanol–water partition coefficient (Wildman–Crippen LogP) is 1.79. The van der Waals surface area contributed by atoms with Gasteiger partial charge in [-0.3, -0.25) is 4.79 Å². The molecule has 1 aromatic rings. The molecule has 1 fully saturated rings. The van der Waals surface area contributed by atoms with Crippen LogP contribution in [0.3, 0.4) is 0 Å². The molecule has 1 aliphatic carbocycles. The topological polar surface area (TPSA) is 56.0 Å². The van der Waals surface area contributed by atoms with E-state index in [4.69, 9.17) is 4.52 Å². The molecule has 1 saturated carbocycles. The van der Waals surface area contributed by atoms with Gasteiger partial charge in [-0.1, -0.05) is 12.1 Å². The normalized spacial score (nSPS) is 27.8. The van der Waals surface area contributed by atoms with Gasteiger partial charge in [-0.2, -0.15) is 4.98 Å². The van der Waals surface area contributed by atoms with E-state index in [2.05, 4.69) is 17.1 Å². The van der Waals surface area contributed by atoms with Crippen molar-refractivity contribution in [3.8, 4) is 0 Å². The molecular weight excluding hydrogens is 168 g/mol. The van der Waals surface area contributed by atoms with Crippen molar-refractivity contribution < 1.29 is 9.32 Å². The van der Waals surface area contributed by atoms with Gasteiger partial charge in [-0.05, 0) is 25.2 Å². The van der Waals surface area contributed by atoms with Crippen LogP contribution in [0.4, 0.5) is 0 Å². The average Bonchev–Trinajstić information content (AvgIpc) is 2.71. The zero-order valence-electron chi connectivity index (χ0n) is 7.56. The van der Waals surface area contributed by atoms with Crippen LogP contribution < -0.4 is 0 Å². The van der Waals surface area contributed by atoms with Gasteiger partial charge < -0.3 is 4.52 Å². The summed E-state index contributed by atoms with van der Waals surface area (Å²) in [6.45, 7) is 2.22. The molecule has 0 saturated heterocycles. The number of hydrogen-bond donors (Lipinski definition) is 0. The van der Waals surface area contributed by atoms with Crippen LogP contribution in [-0.4, -0.2) is 16.4 Å². The van der Waals surface area contributed by atoms with Crippen molar-refractivity contribution in [2.24, 2.45) is 5.92 Å². The van der Waals surface area contributed by atoms with Gasteiger partial charge in [0.1, 0.15) is 0 Å². The molecule has 1 aliphatic rings. The summed E-state index contributed by atoms with van der Waals surface area (Å²) in [5.41, 5.74) is 0. The zero-order chi connectivity index (χ0) is 9.26. The summed E-state index contributed by atoms with van der Waals surface area (Å²) in [5.74, 6) is 1.93. The van der Waals surface area contributed by atoms with Crippen LogP contribution in [0.5, 0.6) is 0 Å². The summed E-state index contributed by atoms with van der Waals surface area (Å²) in [6.07, 6.45) is 4.03. The number of carbonyl (C=O) groups excluding carboxylic acids is 1. The first-order chi connectivity index (χ1) is 6.29. The van der Waals surface area contributed by atoms with Crippen molar-refractivity contribution in [1.29, 1.82) is 0 Å². The van der Waals surface area contributed by atoms with Crippen LogP contribution in [0.25, 0.3) is 0 Å². The Labute approximate surface area is 76.3 Å². The Balaban J connectivity index is 2.12. The Kier molecular flexibility index (Phi) is 2.12. The van der Waals surface area contributed by atoms with Gasteiger partial charge in [0.05, 0.1) is 0 Å². The molecule has 0 N–H and O–H groups in total. The van der Waals surface area contributed by atoms with Crippen molar-refractivity contribution >= 4 is 6.29 Å². The van der Waals surface area contributed by atoms with E-state index in [9.17, 15) is 4.79 Å². The number of aromatic nitrogens is 2. The molecule has 2 atom stereocenters. The number of aldehydes is 1. The Bertz CT molecular complexity index is 308. The second kappa shape index (κ2) is 3.28. The second-order valence-electron chi connectivity index (χ2n) is 3.72. The third-order valence-electron chi connectivity index (χ3n) is 2.62. The van der Waals surface area contributed by atoms with E-state index in [1.54, 1.807) is 0 Å². The maximum atomic E-state index is 10.3. The summed E-state index contributed by atoms with van der Waals surface area (Å²) in [4.78, 5) is 14.3. The Morgan fingerprint density at radius 2 is 2.38 bits per heavy atom. The minimum absolute atomic E-state index is 0.0922. The highest BCUT2D eigenvalue weighted by Gasteiger charge is 2.26. The lowest BCUT2D eigenvalue weighted by atomic mass is 10.1. The lowest BCUT2D eigenvalue weighted by molar-refractivity contribution is 0.108. The van der Waals surface area contributed by atoms with Gasteiger partial charge in [-0.25, -0.2) is 0 Å². The number of rotatable bonds is 2. The van der Waals surface area contributed by atoms with Crippen molar-refractivity contribution in [2.45, 2.75) is 32.1 Å². The predicted molar refractivity (Wildman–Crippen MR) is 45.4 cm³/mol. The smallest absolute Gasteiger partial charge is 0.290 e. The van der Waals surface area contributed by atoms with E-state index in [1.165, 1.54) is 6.42 Å². The van der Waals surface area contributed by atoms with Crippen molar-refractivity contribution in [2.75, 3.05) is 0 Å². The van der Waals surface area contributed by atoms with E-state index < -0.39 is 0 Å². The number of nitrogens with zero attached hydrogens (tertiary/aromatic N) is 2. The molecule has 0 spiro atoms. The highest BCUT2D eigenvalue weighted by Crippen LogP contribution is 2.36. The van der Waals surface area contributed by atoms with Crippen LogP contribution >= 0.6 is 0 Å². The minimum atomic E-state index is 0.0922. The summed E-state index contributed by atoms with van der Waals surface area (Å²) < 4.78 is 4.73. The quantitative estimate of drug-likeness (QED) is 0.651. The fourth-order valence-electron chi connectivity index (χ4n) is 1.90. The van der Waals surface area contributed by atoms with Crippen LogP contribution in [0.15, 0.2) is 4.52 Å². The standard InChI is InChI=1S/C9H12N2O2/c1-6-2-3-7(4-6)9-10-8(5-12)13-11-9/h5-7H,2-4H2,1H3. The molecule has 2 unspecified atom stereocenters. The highest BCUT2D eigenvalue weighted by molar-refractivity contribution is 5.66. The fourth-order valence-corrected chi connectivity index (χ4v) is 1.90. The summed E-state index contributed by atoms with van der Waals surface area (Å²) >= 11 is 0. The first kappa shape index (κ1) is 8.41. The first-order valence-corrected chi connectivity index (χ1v) is 4.58. The van der Waals surface area contributed by atoms with E-state index in [-0.39, 0.29) is 5.89 Å². The SMILES string of the molecule is CC1CCC(c2noc(C=O)n2)C1. The van der Waals surface area contributed by atoms with Gasteiger partial charge >= 0.3 is 0 Å². The third-order valence-corrected chi connectivity index (χ3v) is 2.62. The van der Waals surface area contributed by atoms with Gasteiger partial charge in [0, 0.05) is 5.92 Å². The molecule has 0 amide bonds. The molecule has 1 heterocycles. The Morgan fingerprint density at radius 3 is 2.92 bits per heavy atom. The molecule has 13 heavy (non-hydrogen) atoms. The third kappa shape index (κ3) is 1.61. The van der Waals surface area contributed by atoms with E-state index in [1.807, 2.05) is 0 Å². The lowest BCUT2D eigenvalue weighted by Gasteiger charge is -2.01. The van der Waals surface area contributed by atoms with Gasteiger partial charge in [0.2, 0.25) is 6.29 Å². The van der Waals surface area contributed by atoms with Crippen LogP contribution in [-0.2, 0) is 0 Å². The van der Waals surface area contributed by atoms with E-state index in [0.29, 0.717) is 18.0 Å². The highest BCUT2D eigenvalue weighted by atomic mass is 16.5. The van der Waals surface area contributed by atoms with Gasteiger partial charge in [0.25, 0.3) is 5.89 Å². The number of hydrogen-bond acceptors (Lipinski definition) is 4. The zero-order valence-corrected chi connectivity index (χ0v) is 7.56. The fraction of sp³-hybridized carbons (Fsp3) is 0.667. The first-order valence-electron chi connectivity index (χ1n) is 4.58. The molecule has 2 rings (SSSR count). The molecule has 70 valence electrons. The second-order valence-corrected chi connectivity index (χ2v) is 3.72. The van der Waals surface area contributed by atoms with Gasteiger partial charge in [0.15, 0.2) is 5.82 Å². The van der Waals surface area contributed by atoms with Crippen molar-refractivity contribution in [3.05, 3.63) is 11.7 Å². The molecule has 1 aromatic heterocycles. The van der Waals surface area contributed by atoms with Crippen LogP contribution in [0, 0.1) is 5.92 Å². The molecule has 4 nitrogen and oxygen atoms in total. The molecule has 4 heteroatoms. The maximum absolute atomic E-state index is 10.3. The molecular formula is C9H12N2O2. The van der Waals surface area contributed by atoms with Crippen LogP contribution in [0.2, 0.25) is 0 Å². The number of carbonyl (C=O) groups is 1. The monoisotopic (exact) mass is 180 g/mol. The largest absolute Gasteiger partial charge is 0.331 e. The molecule has 0 radical (unpaired) electrons. The Hall–Kier alpha value is -1.19. The van der Waals surface area contributed by atoms with Gasteiger partial charge in [-0.15, -0.1) is 0 Å². The van der Waals surface area contributed by atoms with Crippen molar-refractivity contribution in [1.82, 2.24) is 10.1 Å². The molecule has 0 aliphatic heterocycles. The Morgan fingerprint density at radius 1 is 1.54 bits per heavy atom. The lowest BCUT2D eigenvalue weighted by Crippen LogP contribution is -1.96. The van der Waals surface area contributed by atoms with Crippen LogP contribution in [0.1, 0.15) is 48.6 Å². The summed E-state index contributed by atoms with van der Waals surface area (Å²) in [7, 11) is 0. The molecule has 0 aromatic carbocycles. The summed E-state index contributed by atoms with van der Waals surface area (Å²) in [6, 6.07) is 0. The summed E-state index contributed by atoms with van der Waals surface area (Å²) in [5, 5.41) is 3.79. The van der Waals surface area contributed by atoms with E-state index >= 15 is 0 Å². The minimum Gasteiger partial charge on any atom is -0.331 e.